The highest BCUT2D eigenvalue weighted by atomic mass is 31.0. The van der Waals surface area contributed by atoms with Crippen LogP contribution in [0.5, 0.6) is 0 Å². The maximum absolute atomic E-state index is 11.4. The Balaban J connectivity index is 1.82. The molecule has 3 aromatic rings. The zero-order valence-corrected chi connectivity index (χ0v) is 18.2. The fourth-order valence-electron chi connectivity index (χ4n) is 4.32. The third kappa shape index (κ3) is 3.94. The fraction of sp³-hybridized carbons (Fsp3) is 0.182. The molecular formula is C22H22N5O4P. The lowest BCUT2D eigenvalue weighted by Crippen LogP contribution is -2.26. The van der Waals surface area contributed by atoms with Gasteiger partial charge in [0.2, 0.25) is 0 Å². The third-order valence-electron chi connectivity index (χ3n) is 5.85. The van der Waals surface area contributed by atoms with Crippen LogP contribution in [0.1, 0.15) is 36.1 Å². The lowest BCUT2D eigenvalue weighted by atomic mass is 10.0. The number of benzene rings is 3. The lowest BCUT2D eigenvalue weighted by Gasteiger charge is -2.33. The third-order valence-corrected chi connectivity index (χ3v) is 6.23. The summed E-state index contributed by atoms with van der Waals surface area (Å²) in [7, 11) is 2.64. The highest BCUT2D eigenvalue weighted by molar-refractivity contribution is 7.27. The lowest BCUT2D eigenvalue weighted by molar-refractivity contribution is -0.384. The van der Waals surface area contributed by atoms with Gasteiger partial charge in [-0.15, -0.1) is 9.24 Å². The number of nitro groups is 2. The van der Waals surface area contributed by atoms with Gasteiger partial charge >= 0.3 is 0 Å². The molecule has 0 aliphatic carbocycles. The van der Waals surface area contributed by atoms with Crippen molar-refractivity contribution < 1.29 is 9.85 Å². The number of hydrogen-bond acceptors (Lipinski definition) is 7. The van der Waals surface area contributed by atoms with E-state index in [4.69, 9.17) is 11.5 Å². The molecule has 3 unspecified atom stereocenters. The Morgan fingerprint density at radius 2 is 1.22 bits per heavy atom. The van der Waals surface area contributed by atoms with E-state index < -0.39 is 9.85 Å². The maximum Gasteiger partial charge on any atom is 0.292 e. The van der Waals surface area contributed by atoms with Crippen LogP contribution in [0.2, 0.25) is 0 Å². The van der Waals surface area contributed by atoms with Crippen LogP contribution in [-0.2, 0) is 0 Å². The van der Waals surface area contributed by atoms with E-state index in [0.717, 1.165) is 22.1 Å². The van der Waals surface area contributed by atoms with Gasteiger partial charge in [0, 0.05) is 17.8 Å². The molecule has 3 aromatic carbocycles. The first kappa shape index (κ1) is 21.5. The van der Waals surface area contributed by atoms with Crippen molar-refractivity contribution in [3.05, 3.63) is 92.0 Å². The minimum Gasteiger partial charge on any atom is -0.393 e. The molecule has 1 aliphatic heterocycles. The number of nitrogen functional groups attached to an aromatic ring is 2. The zero-order valence-electron chi connectivity index (χ0n) is 17.0. The SMILES string of the molecule is Nc1ccc(C2CCC(c3ccc(N)c([N+](=O)[O-])c3)N2c2ccc(P)cc2)cc1[N+](=O)[O-]. The summed E-state index contributed by atoms with van der Waals surface area (Å²) in [6.45, 7) is 0. The van der Waals surface area contributed by atoms with Crippen LogP contribution in [0.4, 0.5) is 28.4 Å². The van der Waals surface area contributed by atoms with Gasteiger partial charge in [-0.1, -0.05) is 24.3 Å². The Labute approximate surface area is 186 Å². The number of rotatable bonds is 5. The van der Waals surface area contributed by atoms with Crippen molar-refractivity contribution in [1.82, 2.24) is 0 Å². The average molecular weight is 451 g/mol. The van der Waals surface area contributed by atoms with E-state index in [9.17, 15) is 20.2 Å². The minimum absolute atomic E-state index is 0.112. The molecule has 10 heteroatoms. The molecule has 164 valence electrons. The quantitative estimate of drug-likeness (QED) is 0.256. The number of nitrogens with two attached hydrogens (primary N) is 2. The summed E-state index contributed by atoms with van der Waals surface area (Å²) in [6.07, 6.45) is 1.43. The van der Waals surface area contributed by atoms with E-state index in [1.165, 1.54) is 12.1 Å². The smallest absolute Gasteiger partial charge is 0.292 e. The summed E-state index contributed by atoms with van der Waals surface area (Å²) < 4.78 is 0. The zero-order chi connectivity index (χ0) is 23.0. The summed E-state index contributed by atoms with van der Waals surface area (Å²) in [5, 5.41) is 23.9. The summed E-state index contributed by atoms with van der Waals surface area (Å²) in [5.41, 5.74) is 14.0. The molecule has 0 aromatic heterocycles. The average Bonchev–Trinajstić information content (AvgIpc) is 3.19. The Morgan fingerprint density at radius 3 is 1.62 bits per heavy atom. The van der Waals surface area contributed by atoms with Crippen LogP contribution in [-0.4, -0.2) is 9.85 Å². The van der Waals surface area contributed by atoms with Gasteiger partial charge in [0.15, 0.2) is 0 Å². The summed E-state index contributed by atoms with van der Waals surface area (Å²) in [5.74, 6) is 0. The van der Waals surface area contributed by atoms with Crippen molar-refractivity contribution in [3.8, 4) is 0 Å². The predicted octanol–water partition coefficient (Wildman–Crippen LogP) is 4.25. The van der Waals surface area contributed by atoms with E-state index in [1.807, 2.05) is 24.3 Å². The largest absolute Gasteiger partial charge is 0.393 e. The molecule has 0 saturated carbocycles. The van der Waals surface area contributed by atoms with Crippen LogP contribution < -0.4 is 21.7 Å². The fourth-order valence-corrected chi connectivity index (χ4v) is 4.52. The van der Waals surface area contributed by atoms with Crippen LogP contribution in [0.25, 0.3) is 0 Å². The van der Waals surface area contributed by atoms with E-state index in [1.54, 1.807) is 24.3 Å². The normalized spacial score (nSPS) is 18.0. The van der Waals surface area contributed by atoms with E-state index in [-0.39, 0.29) is 34.8 Å². The summed E-state index contributed by atoms with van der Waals surface area (Å²) in [4.78, 5) is 24.1. The molecule has 3 atom stereocenters. The molecule has 1 saturated heterocycles. The van der Waals surface area contributed by atoms with Gasteiger partial charge in [0.1, 0.15) is 11.4 Å². The van der Waals surface area contributed by atoms with Gasteiger partial charge in [0.25, 0.3) is 11.4 Å². The molecule has 1 fully saturated rings. The number of nitrogens with zero attached hydrogens (tertiary/aromatic N) is 3. The van der Waals surface area contributed by atoms with Crippen molar-refractivity contribution in [2.45, 2.75) is 24.9 Å². The van der Waals surface area contributed by atoms with E-state index in [2.05, 4.69) is 14.1 Å². The van der Waals surface area contributed by atoms with Gasteiger partial charge in [-0.25, -0.2) is 0 Å². The van der Waals surface area contributed by atoms with Crippen LogP contribution >= 0.6 is 9.24 Å². The van der Waals surface area contributed by atoms with Crippen molar-refractivity contribution in [3.63, 3.8) is 0 Å². The minimum atomic E-state index is -0.484. The van der Waals surface area contributed by atoms with Crippen LogP contribution in [0.3, 0.4) is 0 Å². The highest BCUT2D eigenvalue weighted by Crippen LogP contribution is 2.48. The topological polar surface area (TPSA) is 142 Å². The first-order chi connectivity index (χ1) is 15.3. The van der Waals surface area contributed by atoms with Gasteiger partial charge in [-0.05, 0) is 53.5 Å². The number of hydrogen-bond donors (Lipinski definition) is 2. The number of nitro benzene ring substituents is 2. The van der Waals surface area contributed by atoms with Crippen LogP contribution in [0.15, 0.2) is 60.7 Å². The van der Waals surface area contributed by atoms with Crippen molar-refractivity contribution in [2.24, 2.45) is 0 Å². The van der Waals surface area contributed by atoms with Gasteiger partial charge in [-0.3, -0.25) is 20.2 Å². The Morgan fingerprint density at radius 1 is 0.781 bits per heavy atom. The molecule has 0 bridgehead atoms. The molecule has 0 amide bonds. The Bertz CT molecular complexity index is 1130. The van der Waals surface area contributed by atoms with Gasteiger partial charge in [-0.2, -0.15) is 0 Å². The summed E-state index contributed by atoms with van der Waals surface area (Å²) in [6, 6.07) is 17.3. The molecule has 4 rings (SSSR count). The maximum atomic E-state index is 11.4. The standard InChI is InChI=1S/C22H22N5O4P/c23-17-7-1-13(11-21(17)26(28)29)19-9-10-20(25(19)15-3-5-16(32)6-4-15)14-2-8-18(24)22(12-14)27(30)31/h1-8,11-12,19-20H,9-10,23-24,32H2. The number of anilines is 3. The first-order valence-corrected chi connectivity index (χ1v) is 10.6. The highest BCUT2D eigenvalue weighted by Gasteiger charge is 2.37. The Hall–Kier alpha value is -3.71. The molecule has 0 radical (unpaired) electrons. The first-order valence-electron chi connectivity index (χ1n) is 9.97. The second-order valence-electron chi connectivity index (χ2n) is 7.76. The van der Waals surface area contributed by atoms with Crippen molar-refractivity contribution in [2.75, 3.05) is 16.4 Å². The van der Waals surface area contributed by atoms with E-state index >= 15 is 0 Å². The molecule has 9 nitrogen and oxygen atoms in total. The molecule has 1 aliphatic rings. The van der Waals surface area contributed by atoms with Gasteiger partial charge in [0.05, 0.1) is 21.9 Å². The molecule has 4 N–H and O–H groups in total. The summed E-state index contributed by atoms with van der Waals surface area (Å²) >= 11 is 0. The van der Waals surface area contributed by atoms with Crippen molar-refractivity contribution >= 4 is 43.0 Å². The second kappa shape index (κ2) is 8.43. The van der Waals surface area contributed by atoms with Crippen LogP contribution in [0, 0.1) is 20.2 Å². The molecule has 1 heterocycles. The predicted molar refractivity (Wildman–Crippen MR) is 128 cm³/mol. The molecular weight excluding hydrogens is 429 g/mol. The second-order valence-corrected chi connectivity index (χ2v) is 8.43. The molecule has 0 spiro atoms. The van der Waals surface area contributed by atoms with Crippen molar-refractivity contribution in [1.29, 1.82) is 0 Å². The Kier molecular flexibility index (Phi) is 5.67. The monoisotopic (exact) mass is 451 g/mol. The van der Waals surface area contributed by atoms with E-state index in [0.29, 0.717) is 12.8 Å². The van der Waals surface area contributed by atoms with Gasteiger partial charge < -0.3 is 16.4 Å². The molecule has 32 heavy (non-hydrogen) atoms.